The summed E-state index contributed by atoms with van der Waals surface area (Å²) < 4.78 is 7.40. The van der Waals surface area contributed by atoms with E-state index in [1.165, 1.54) is 0 Å². The molecule has 0 aliphatic rings. The molecule has 0 saturated heterocycles. The Morgan fingerprint density at radius 3 is 2.50 bits per heavy atom. The first-order valence-electron chi connectivity index (χ1n) is 6.10. The van der Waals surface area contributed by atoms with Crippen LogP contribution < -0.4 is 10.5 Å². The Bertz CT molecular complexity index is 514. The van der Waals surface area contributed by atoms with Gasteiger partial charge in [0.25, 0.3) is 0 Å². The molecule has 0 atom stereocenters. The van der Waals surface area contributed by atoms with Gasteiger partial charge in [0.15, 0.2) is 0 Å². The fourth-order valence-corrected chi connectivity index (χ4v) is 1.89. The Morgan fingerprint density at radius 2 is 1.94 bits per heavy atom. The van der Waals surface area contributed by atoms with Crippen LogP contribution in [0.5, 0.6) is 5.75 Å². The Labute approximate surface area is 107 Å². The zero-order chi connectivity index (χ0) is 13.1. The van der Waals surface area contributed by atoms with Crippen LogP contribution in [0.2, 0.25) is 0 Å². The van der Waals surface area contributed by atoms with E-state index in [9.17, 15) is 0 Å². The highest BCUT2D eigenvalue weighted by Crippen LogP contribution is 2.24. The number of nitrogens with two attached hydrogens (primary N) is 1. The zero-order valence-corrected chi connectivity index (χ0v) is 11.1. The van der Waals surface area contributed by atoms with Crippen LogP contribution in [-0.2, 0) is 13.6 Å². The highest BCUT2D eigenvalue weighted by Gasteiger charge is 2.09. The van der Waals surface area contributed by atoms with Crippen molar-refractivity contribution >= 4 is 0 Å². The molecule has 0 bridgehead atoms. The molecule has 2 rings (SSSR count). The number of aromatic nitrogens is 2. The van der Waals surface area contributed by atoms with E-state index in [1.807, 2.05) is 51.4 Å². The maximum atomic E-state index is 5.72. The van der Waals surface area contributed by atoms with Gasteiger partial charge >= 0.3 is 0 Å². The third-order valence-electron chi connectivity index (χ3n) is 2.62. The van der Waals surface area contributed by atoms with Crippen molar-refractivity contribution in [1.29, 1.82) is 0 Å². The molecule has 1 aromatic carbocycles. The normalized spacial score (nSPS) is 10.9. The molecule has 0 aliphatic heterocycles. The monoisotopic (exact) mass is 245 g/mol. The molecule has 4 heteroatoms. The predicted molar refractivity (Wildman–Crippen MR) is 72.3 cm³/mol. The molecule has 0 fully saturated rings. The topological polar surface area (TPSA) is 53.1 Å². The van der Waals surface area contributed by atoms with Gasteiger partial charge in [-0.15, -0.1) is 0 Å². The summed E-state index contributed by atoms with van der Waals surface area (Å²) in [5, 5.41) is 4.44. The summed E-state index contributed by atoms with van der Waals surface area (Å²) in [6.07, 6.45) is 2.14. The van der Waals surface area contributed by atoms with Crippen LogP contribution in [0, 0.1) is 0 Å². The van der Waals surface area contributed by atoms with E-state index >= 15 is 0 Å². The first-order valence-corrected chi connectivity index (χ1v) is 6.10. The summed E-state index contributed by atoms with van der Waals surface area (Å²) >= 11 is 0. The zero-order valence-electron chi connectivity index (χ0n) is 11.1. The van der Waals surface area contributed by atoms with Gasteiger partial charge in [0.1, 0.15) is 5.75 Å². The lowest BCUT2D eigenvalue weighted by Crippen LogP contribution is -2.05. The van der Waals surface area contributed by atoms with Crippen LogP contribution in [0.1, 0.15) is 19.4 Å². The van der Waals surface area contributed by atoms with Crippen LogP contribution in [-0.4, -0.2) is 15.9 Å². The van der Waals surface area contributed by atoms with E-state index in [0.717, 1.165) is 22.6 Å². The standard InChI is InChI=1S/C14H19N3O/c1-10(2)18-13-6-4-11(5-7-13)14-12(8-15)9-17(3)16-14/h4-7,9-10H,8,15H2,1-3H3. The van der Waals surface area contributed by atoms with E-state index < -0.39 is 0 Å². The molecule has 0 saturated carbocycles. The molecule has 18 heavy (non-hydrogen) atoms. The lowest BCUT2D eigenvalue weighted by Gasteiger charge is -2.09. The van der Waals surface area contributed by atoms with Gasteiger partial charge in [-0.3, -0.25) is 4.68 Å². The minimum Gasteiger partial charge on any atom is -0.491 e. The highest BCUT2D eigenvalue weighted by atomic mass is 16.5. The van der Waals surface area contributed by atoms with Crippen molar-refractivity contribution in [1.82, 2.24) is 9.78 Å². The Kier molecular flexibility index (Phi) is 3.67. The molecular weight excluding hydrogens is 226 g/mol. The fourth-order valence-electron chi connectivity index (χ4n) is 1.89. The summed E-state index contributed by atoms with van der Waals surface area (Å²) in [6.45, 7) is 4.52. The van der Waals surface area contributed by atoms with Crippen LogP contribution in [0.25, 0.3) is 11.3 Å². The second-order valence-electron chi connectivity index (χ2n) is 4.57. The van der Waals surface area contributed by atoms with E-state index in [2.05, 4.69) is 5.10 Å². The van der Waals surface area contributed by atoms with Gasteiger partial charge in [0, 0.05) is 30.9 Å². The first-order chi connectivity index (χ1) is 8.60. The molecule has 2 N–H and O–H groups in total. The third kappa shape index (κ3) is 2.71. The number of aryl methyl sites for hydroxylation is 1. The van der Waals surface area contributed by atoms with Gasteiger partial charge in [-0.1, -0.05) is 0 Å². The molecule has 1 aromatic heterocycles. The summed E-state index contributed by atoms with van der Waals surface area (Å²) in [7, 11) is 1.90. The van der Waals surface area contributed by atoms with Crippen molar-refractivity contribution in [3.8, 4) is 17.0 Å². The number of hydrogen-bond donors (Lipinski definition) is 1. The van der Waals surface area contributed by atoms with Gasteiger partial charge < -0.3 is 10.5 Å². The fraction of sp³-hybridized carbons (Fsp3) is 0.357. The molecule has 4 nitrogen and oxygen atoms in total. The molecule has 2 aromatic rings. The van der Waals surface area contributed by atoms with E-state index in [1.54, 1.807) is 4.68 Å². The van der Waals surface area contributed by atoms with Gasteiger partial charge in [0.05, 0.1) is 11.8 Å². The van der Waals surface area contributed by atoms with Crippen molar-refractivity contribution in [2.75, 3.05) is 0 Å². The highest BCUT2D eigenvalue weighted by molar-refractivity contribution is 5.63. The Morgan fingerprint density at radius 1 is 1.28 bits per heavy atom. The molecule has 96 valence electrons. The molecule has 0 unspecified atom stereocenters. The average Bonchev–Trinajstić information content (AvgIpc) is 2.71. The minimum atomic E-state index is 0.185. The average molecular weight is 245 g/mol. The summed E-state index contributed by atoms with van der Waals surface area (Å²) in [5.41, 5.74) is 8.77. The largest absolute Gasteiger partial charge is 0.491 e. The minimum absolute atomic E-state index is 0.185. The van der Waals surface area contributed by atoms with Crippen molar-refractivity contribution in [2.45, 2.75) is 26.5 Å². The Hall–Kier alpha value is -1.81. The molecule has 0 spiro atoms. The van der Waals surface area contributed by atoms with Crippen LogP contribution in [0.4, 0.5) is 0 Å². The number of ether oxygens (including phenoxy) is 1. The summed E-state index contributed by atoms with van der Waals surface area (Å²) in [5.74, 6) is 0.874. The van der Waals surface area contributed by atoms with Gasteiger partial charge in [-0.25, -0.2) is 0 Å². The van der Waals surface area contributed by atoms with Crippen molar-refractivity contribution in [3.63, 3.8) is 0 Å². The number of benzene rings is 1. The summed E-state index contributed by atoms with van der Waals surface area (Å²) in [4.78, 5) is 0. The van der Waals surface area contributed by atoms with Crippen molar-refractivity contribution in [3.05, 3.63) is 36.0 Å². The number of hydrogen-bond acceptors (Lipinski definition) is 3. The van der Waals surface area contributed by atoms with Crippen LogP contribution in [0.3, 0.4) is 0 Å². The first kappa shape index (κ1) is 12.6. The number of rotatable bonds is 4. The van der Waals surface area contributed by atoms with E-state index in [-0.39, 0.29) is 6.10 Å². The molecule has 0 amide bonds. The van der Waals surface area contributed by atoms with Crippen molar-refractivity contribution in [2.24, 2.45) is 12.8 Å². The van der Waals surface area contributed by atoms with E-state index in [4.69, 9.17) is 10.5 Å². The third-order valence-corrected chi connectivity index (χ3v) is 2.62. The SMILES string of the molecule is CC(C)Oc1ccc(-c2nn(C)cc2CN)cc1. The van der Waals surface area contributed by atoms with Crippen LogP contribution in [0.15, 0.2) is 30.5 Å². The lowest BCUT2D eigenvalue weighted by atomic mass is 10.1. The predicted octanol–water partition coefficient (Wildman–Crippen LogP) is 2.33. The molecule has 0 aliphatic carbocycles. The lowest BCUT2D eigenvalue weighted by molar-refractivity contribution is 0.242. The second kappa shape index (κ2) is 5.23. The maximum Gasteiger partial charge on any atom is 0.119 e. The second-order valence-corrected chi connectivity index (χ2v) is 4.57. The maximum absolute atomic E-state index is 5.72. The van der Waals surface area contributed by atoms with Gasteiger partial charge in [-0.2, -0.15) is 5.10 Å². The molecular formula is C14H19N3O. The molecule has 0 radical (unpaired) electrons. The van der Waals surface area contributed by atoms with Gasteiger partial charge in [0.2, 0.25) is 0 Å². The Balaban J connectivity index is 2.28. The summed E-state index contributed by atoms with van der Waals surface area (Å²) in [6, 6.07) is 7.95. The number of nitrogens with zero attached hydrogens (tertiary/aromatic N) is 2. The van der Waals surface area contributed by atoms with Crippen LogP contribution >= 0.6 is 0 Å². The van der Waals surface area contributed by atoms with E-state index in [0.29, 0.717) is 6.54 Å². The van der Waals surface area contributed by atoms with Crippen molar-refractivity contribution < 1.29 is 4.74 Å². The van der Waals surface area contributed by atoms with Gasteiger partial charge in [-0.05, 0) is 38.1 Å². The molecule has 1 heterocycles. The quantitative estimate of drug-likeness (QED) is 0.899. The smallest absolute Gasteiger partial charge is 0.119 e.